The van der Waals surface area contributed by atoms with Gasteiger partial charge >= 0.3 is 0 Å². The van der Waals surface area contributed by atoms with Crippen molar-refractivity contribution in [2.24, 2.45) is 0 Å². The Morgan fingerprint density at radius 2 is 1.86 bits per heavy atom. The molecule has 0 aliphatic heterocycles. The summed E-state index contributed by atoms with van der Waals surface area (Å²) in [6, 6.07) is 9.89. The first-order chi connectivity index (χ1) is 9.90. The van der Waals surface area contributed by atoms with E-state index in [2.05, 4.69) is 43.2 Å². The van der Waals surface area contributed by atoms with Crippen LogP contribution in [0.5, 0.6) is 11.6 Å². The van der Waals surface area contributed by atoms with Crippen LogP contribution in [0, 0.1) is 0 Å². The van der Waals surface area contributed by atoms with Gasteiger partial charge in [-0.15, -0.1) is 0 Å². The lowest BCUT2D eigenvalue weighted by Crippen LogP contribution is -2.10. The quantitative estimate of drug-likeness (QED) is 0.900. The molecule has 1 N–H and O–H groups in total. The smallest absolute Gasteiger partial charge is 0.238 e. The zero-order valence-electron chi connectivity index (χ0n) is 12.9. The highest BCUT2D eigenvalue weighted by Gasteiger charge is 2.13. The zero-order chi connectivity index (χ0) is 15.5. The Labute approximate surface area is 131 Å². The van der Waals surface area contributed by atoms with Crippen LogP contribution >= 0.6 is 11.6 Å². The van der Waals surface area contributed by atoms with Crippen molar-refractivity contribution in [3.8, 4) is 11.6 Å². The normalized spacial score (nSPS) is 11.5. The average molecular weight is 305 g/mol. The Morgan fingerprint density at radius 1 is 1.19 bits per heavy atom. The van der Waals surface area contributed by atoms with Crippen LogP contribution in [0.3, 0.4) is 0 Å². The van der Waals surface area contributed by atoms with Gasteiger partial charge in [-0.25, -0.2) is 4.98 Å². The molecule has 0 bridgehead atoms. The van der Waals surface area contributed by atoms with Crippen LogP contribution < -0.4 is 10.1 Å². The molecule has 2 aromatic rings. The highest BCUT2D eigenvalue weighted by Crippen LogP contribution is 2.29. The summed E-state index contributed by atoms with van der Waals surface area (Å²) in [5, 5.41) is 3.58. The fourth-order valence-corrected chi connectivity index (χ4v) is 2.20. The molecule has 0 aliphatic rings. The summed E-state index contributed by atoms with van der Waals surface area (Å²) in [6.45, 7) is 7.28. The second-order valence-corrected chi connectivity index (χ2v) is 6.44. The predicted molar refractivity (Wildman–Crippen MR) is 87.2 cm³/mol. The van der Waals surface area contributed by atoms with E-state index in [1.165, 1.54) is 5.56 Å². The zero-order valence-corrected chi connectivity index (χ0v) is 13.7. The van der Waals surface area contributed by atoms with Crippen LogP contribution in [0.25, 0.3) is 0 Å². The minimum absolute atomic E-state index is 0.128. The molecule has 0 amide bonds. The summed E-state index contributed by atoms with van der Waals surface area (Å²) in [6.07, 6.45) is 1.77. The largest absolute Gasteiger partial charge is 0.438 e. The number of hydrogen-bond donors (Lipinski definition) is 1. The number of pyridine rings is 1. The number of nitrogens with zero attached hydrogens (tertiary/aromatic N) is 1. The maximum atomic E-state index is 6.20. The van der Waals surface area contributed by atoms with Gasteiger partial charge in [0.25, 0.3) is 0 Å². The molecular formula is C17H21ClN2O. The van der Waals surface area contributed by atoms with Crippen LogP contribution in [0.2, 0.25) is 5.02 Å². The summed E-state index contributed by atoms with van der Waals surface area (Å²) in [7, 11) is 1.88. The van der Waals surface area contributed by atoms with Crippen molar-refractivity contribution in [2.75, 3.05) is 7.05 Å². The lowest BCUT2D eigenvalue weighted by atomic mass is 9.87. The minimum Gasteiger partial charge on any atom is -0.438 e. The maximum absolute atomic E-state index is 6.20. The molecule has 0 saturated carbocycles. The summed E-state index contributed by atoms with van der Waals surface area (Å²) in [4.78, 5) is 4.27. The number of ether oxygens (including phenoxy) is 1. The van der Waals surface area contributed by atoms with Crippen molar-refractivity contribution in [2.45, 2.75) is 32.7 Å². The van der Waals surface area contributed by atoms with Crippen molar-refractivity contribution in [1.82, 2.24) is 10.3 Å². The fourth-order valence-electron chi connectivity index (χ4n) is 1.98. The van der Waals surface area contributed by atoms with Gasteiger partial charge in [-0.3, -0.25) is 0 Å². The number of rotatable bonds is 4. The molecule has 0 unspecified atom stereocenters. The molecule has 112 valence electrons. The molecule has 3 nitrogen and oxygen atoms in total. The molecule has 0 fully saturated rings. The third-order valence-electron chi connectivity index (χ3n) is 3.18. The van der Waals surface area contributed by atoms with Gasteiger partial charge in [-0.2, -0.15) is 0 Å². The second-order valence-electron chi connectivity index (χ2n) is 6.04. The van der Waals surface area contributed by atoms with Gasteiger partial charge in [-0.1, -0.05) is 44.5 Å². The van der Waals surface area contributed by atoms with Crippen LogP contribution in [0.1, 0.15) is 31.9 Å². The van der Waals surface area contributed by atoms with Crippen molar-refractivity contribution in [1.29, 1.82) is 0 Å². The molecule has 1 aromatic heterocycles. The standard InChI is InChI=1S/C17H21ClN2O/c1-17(2,3)13-5-7-14(8-6-13)21-16-15(18)9-12(10-19-4)11-20-16/h5-9,11,19H,10H2,1-4H3. The SMILES string of the molecule is CNCc1cnc(Oc2ccc(C(C)(C)C)cc2)c(Cl)c1. The van der Waals surface area contributed by atoms with Crippen molar-refractivity contribution < 1.29 is 4.74 Å². The molecular weight excluding hydrogens is 284 g/mol. The summed E-state index contributed by atoms with van der Waals surface area (Å²) in [5.74, 6) is 1.17. The Hall–Kier alpha value is -1.58. The third-order valence-corrected chi connectivity index (χ3v) is 3.45. The molecule has 0 radical (unpaired) electrons. The lowest BCUT2D eigenvalue weighted by molar-refractivity contribution is 0.461. The van der Waals surface area contributed by atoms with Crippen LogP contribution in [-0.4, -0.2) is 12.0 Å². The molecule has 21 heavy (non-hydrogen) atoms. The van der Waals surface area contributed by atoms with E-state index in [0.29, 0.717) is 10.9 Å². The Kier molecular flexibility index (Phi) is 4.86. The number of halogens is 1. The Bertz CT molecular complexity index is 603. The van der Waals surface area contributed by atoms with E-state index in [-0.39, 0.29) is 5.41 Å². The second kappa shape index (κ2) is 6.46. The Morgan fingerprint density at radius 3 is 2.38 bits per heavy atom. The van der Waals surface area contributed by atoms with E-state index >= 15 is 0 Å². The van der Waals surface area contributed by atoms with Gasteiger partial charge in [0.2, 0.25) is 5.88 Å². The summed E-state index contributed by atoms with van der Waals surface area (Å²) in [5.41, 5.74) is 2.42. The van der Waals surface area contributed by atoms with E-state index in [4.69, 9.17) is 16.3 Å². The number of benzene rings is 1. The minimum atomic E-state index is 0.128. The number of hydrogen-bond acceptors (Lipinski definition) is 3. The molecule has 1 heterocycles. The topological polar surface area (TPSA) is 34.2 Å². The van der Waals surface area contributed by atoms with E-state index in [9.17, 15) is 0 Å². The van der Waals surface area contributed by atoms with Crippen molar-refractivity contribution in [3.63, 3.8) is 0 Å². The van der Waals surface area contributed by atoms with Gasteiger partial charge in [0, 0.05) is 12.7 Å². The molecule has 2 rings (SSSR count). The van der Waals surface area contributed by atoms with Crippen molar-refractivity contribution >= 4 is 11.6 Å². The summed E-state index contributed by atoms with van der Waals surface area (Å²) < 4.78 is 5.75. The van der Waals surface area contributed by atoms with E-state index in [1.54, 1.807) is 6.20 Å². The lowest BCUT2D eigenvalue weighted by Gasteiger charge is -2.19. The Balaban J connectivity index is 2.15. The van der Waals surface area contributed by atoms with E-state index < -0.39 is 0 Å². The number of nitrogens with one attached hydrogen (secondary N) is 1. The first kappa shape index (κ1) is 15.8. The van der Waals surface area contributed by atoms with Gasteiger partial charge in [0.05, 0.1) is 0 Å². The first-order valence-corrected chi connectivity index (χ1v) is 7.35. The molecule has 1 aromatic carbocycles. The van der Waals surface area contributed by atoms with E-state index in [0.717, 1.165) is 17.9 Å². The van der Waals surface area contributed by atoms with Crippen molar-refractivity contribution in [3.05, 3.63) is 52.7 Å². The fraction of sp³-hybridized carbons (Fsp3) is 0.353. The summed E-state index contributed by atoms with van der Waals surface area (Å²) >= 11 is 6.20. The van der Waals surface area contributed by atoms with Crippen LogP contribution in [0.15, 0.2) is 36.5 Å². The van der Waals surface area contributed by atoms with E-state index in [1.807, 2.05) is 25.2 Å². The molecule has 0 spiro atoms. The number of aromatic nitrogens is 1. The molecule has 0 atom stereocenters. The van der Waals surface area contributed by atoms with Gasteiger partial charge < -0.3 is 10.1 Å². The third kappa shape index (κ3) is 4.19. The molecule has 0 aliphatic carbocycles. The predicted octanol–water partition coefficient (Wildman–Crippen LogP) is 4.54. The van der Waals surface area contributed by atoms with Crippen LogP contribution in [0.4, 0.5) is 0 Å². The molecule has 4 heteroatoms. The van der Waals surface area contributed by atoms with Crippen LogP contribution in [-0.2, 0) is 12.0 Å². The van der Waals surface area contributed by atoms with Gasteiger partial charge in [0.1, 0.15) is 10.8 Å². The van der Waals surface area contributed by atoms with Gasteiger partial charge in [0.15, 0.2) is 0 Å². The highest BCUT2D eigenvalue weighted by atomic mass is 35.5. The monoisotopic (exact) mass is 304 g/mol. The van der Waals surface area contributed by atoms with Gasteiger partial charge in [-0.05, 0) is 41.8 Å². The first-order valence-electron chi connectivity index (χ1n) is 6.97. The molecule has 0 saturated heterocycles. The average Bonchev–Trinajstić information content (AvgIpc) is 2.42. The highest BCUT2D eigenvalue weighted by molar-refractivity contribution is 6.31. The maximum Gasteiger partial charge on any atom is 0.238 e.